The summed E-state index contributed by atoms with van der Waals surface area (Å²) >= 11 is 5.68. The van der Waals surface area contributed by atoms with Crippen LogP contribution in [0.5, 0.6) is 0 Å². The third-order valence-corrected chi connectivity index (χ3v) is 2.93. The van der Waals surface area contributed by atoms with Crippen molar-refractivity contribution in [1.29, 1.82) is 0 Å². The number of anilines is 1. The van der Waals surface area contributed by atoms with Crippen molar-refractivity contribution >= 4 is 23.3 Å². The molecule has 1 aromatic rings. The molecule has 0 spiro atoms. The Labute approximate surface area is 99.9 Å². The zero-order chi connectivity index (χ0) is 12.8. The van der Waals surface area contributed by atoms with Gasteiger partial charge in [-0.05, 0) is 25.1 Å². The van der Waals surface area contributed by atoms with E-state index in [2.05, 4.69) is 5.32 Å². The van der Waals surface area contributed by atoms with Gasteiger partial charge in [-0.15, -0.1) is 0 Å². The lowest BCUT2D eigenvalue weighted by Crippen LogP contribution is -2.58. The Morgan fingerprint density at radius 3 is 2.59 bits per heavy atom. The summed E-state index contributed by atoms with van der Waals surface area (Å²) in [6, 6.07) is 3.07. The lowest BCUT2D eigenvalue weighted by Gasteiger charge is -2.38. The average Bonchev–Trinajstić information content (AvgIpc) is 2.17. The van der Waals surface area contributed by atoms with Crippen molar-refractivity contribution in [1.82, 2.24) is 5.32 Å². The molecule has 92 valence electrons. The van der Waals surface area contributed by atoms with Crippen LogP contribution < -0.4 is 10.6 Å². The van der Waals surface area contributed by atoms with Crippen LogP contribution >= 0.6 is 11.6 Å². The molecule has 1 aromatic carbocycles. The van der Waals surface area contributed by atoms with Crippen molar-refractivity contribution in [3.05, 3.63) is 28.8 Å². The molecule has 0 saturated carbocycles. The Balaban J connectivity index is 2.65. The topological polar surface area (TPSA) is 41.1 Å². The number of rotatable bonds is 0. The van der Waals surface area contributed by atoms with Crippen LogP contribution in [0.25, 0.3) is 0 Å². The van der Waals surface area contributed by atoms with Crippen LogP contribution in [0.15, 0.2) is 18.2 Å². The highest BCUT2D eigenvalue weighted by atomic mass is 35.5. The molecule has 1 atom stereocenters. The minimum absolute atomic E-state index is 0.0999. The lowest BCUT2D eigenvalue weighted by atomic mass is 9.88. The molecule has 2 rings (SSSR count). The first-order chi connectivity index (χ1) is 7.74. The highest BCUT2D eigenvalue weighted by molar-refractivity contribution is 6.30. The van der Waals surface area contributed by atoms with Crippen LogP contribution in [-0.4, -0.2) is 12.2 Å². The Hall–Kier alpha value is -1.43. The number of alkyl halides is 3. The Bertz CT molecular complexity index is 489. The first kappa shape index (κ1) is 12.0. The van der Waals surface area contributed by atoms with E-state index < -0.39 is 17.7 Å². The van der Waals surface area contributed by atoms with Gasteiger partial charge in [-0.25, -0.2) is 4.79 Å². The monoisotopic (exact) mass is 264 g/mol. The van der Waals surface area contributed by atoms with Gasteiger partial charge in [0.2, 0.25) is 0 Å². The molecular weight excluding hydrogens is 257 g/mol. The molecule has 17 heavy (non-hydrogen) atoms. The van der Waals surface area contributed by atoms with Crippen LogP contribution in [0, 0.1) is 0 Å². The number of fused-ring (bicyclic) bond motifs is 1. The highest BCUT2D eigenvalue weighted by Crippen LogP contribution is 2.44. The molecule has 0 aliphatic carbocycles. The minimum atomic E-state index is -4.61. The summed E-state index contributed by atoms with van der Waals surface area (Å²) in [5.41, 5.74) is -2.43. The zero-order valence-corrected chi connectivity index (χ0v) is 9.41. The maximum absolute atomic E-state index is 13.0. The first-order valence-corrected chi connectivity index (χ1v) is 5.08. The summed E-state index contributed by atoms with van der Waals surface area (Å²) in [6.07, 6.45) is -4.61. The molecule has 1 aliphatic heterocycles. The summed E-state index contributed by atoms with van der Waals surface area (Å²) < 4.78 is 39.1. The van der Waals surface area contributed by atoms with E-state index in [0.717, 1.165) is 6.92 Å². The third kappa shape index (κ3) is 1.82. The quantitative estimate of drug-likeness (QED) is 0.742. The van der Waals surface area contributed by atoms with E-state index in [1.165, 1.54) is 18.2 Å². The number of hydrogen-bond acceptors (Lipinski definition) is 1. The average molecular weight is 265 g/mol. The molecule has 0 fully saturated rings. The molecule has 1 unspecified atom stereocenters. The Morgan fingerprint density at radius 2 is 2.00 bits per heavy atom. The summed E-state index contributed by atoms with van der Waals surface area (Å²) in [4.78, 5) is 11.2. The van der Waals surface area contributed by atoms with Crippen LogP contribution in [0.3, 0.4) is 0 Å². The molecule has 0 saturated heterocycles. The summed E-state index contributed by atoms with van der Waals surface area (Å²) in [7, 11) is 0. The predicted molar refractivity (Wildman–Crippen MR) is 57.0 cm³/mol. The predicted octanol–water partition coefficient (Wildman–Crippen LogP) is 3.25. The maximum atomic E-state index is 13.0. The lowest BCUT2D eigenvalue weighted by molar-refractivity contribution is -0.191. The van der Waals surface area contributed by atoms with Crippen molar-refractivity contribution in [3.8, 4) is 0 Å². The number of halogens is 4. The summed E-state index contributed by atoms with van der Waals surface area (Å²) in [5, 5.41) is 4.37. The molecule has 2 amide bonds. The van der Waals surface area contributed by atoms with Gasteiger partial charge in [0.1, 0.15) is 0 Å². The number of hydrogen-bond donors (Lipinski definition) is 2. The van der Waals surface area contributed by atoms with Gasteiger partial charge in [-0.1, -0.05) is 11.6 Å². The van der Waals surface area contributed by atoms with E-state index in [0.29, 0.717) is 0 Å². The van der Waals surface area contributed by atoms with E-state index >= 15 is 0 Å². The van der Waals surface area contributed by atoms with Crippen molar-refractivity contribution in [3.63, 3.8) is 0 Å². The second-order valence-electron chi connectivity index (χ2n) is 3.89. The van der Waals surface area contributed by atoms with E-state index in [4.69, 9.17) is 11.6 Å². The fourth-order valence-electron chi connectivity index (χ4n) is 1.71. The smallest absolute Gasteiger partial charge is 0.320 e. The van der Waals surface area contributed by atoms with Crippen LogP contribution in [-0.2, 0) is 5.54 Å². The van der Waals surface area contributed by atoms with Gasteiger partial charge in [0.25, 0.3) is 0 Å². The normalized spacial score (nSPS) is 23.7. The molecule has 2 N–H and O–H groups in total. The van der Waals surface area contributed by atoms with E-state index in [1.54, 1.807) is 0 Å². The summed E-state index contributed by atoms with van der Waals surface area (Å²) in [6.45, 7) is 0.904. The fraction of sp³-hybridized carbons (Fsp3) is 0.300. The third-order valence-electron chi connectivity index (χ3n) is 2.70. The van der Waals surface area contributed by atoms with Crippen molar-refractivity contribution in [2.45, 2.75) is 18.6 Å². The van der Waals surface area contributed by atoms with Gasteiger partial charge in [0, 0.05) is 16.3 Å². The largest absolute Gasteiger partial charge is 0.415 e. The molecule has 1 heterocycles. The number of nitrogens with one attached hydrogen (secondary N) is 2. The van der Waals surface area contributed by atoms with Crippen molar-refractivity contribution < 1.29 is 18.0 Å². The SMILES string of the molecule is CC1(C(F)(F)F)NC(=O)Nc2ccc(Cl)cc21. The first-order valence-electron chi connectivity index (χ1n) is 4.70. The van der Waals surface area contributed by atoms with Crippen molar-refractivity contribution in [2.24, 2.45) is 0 Å². The van der Waals surface area contributed by atoms with Gasteiger partial charge >= 0.3 is 12.2 Å². The van der Waals surface area contributed by atoms with Crippen molar-refractivity contribution in [2.75, 3.05) is 5.32 Å². The number of carbonyl (C=O) groups excluding carboxylic acids is 1. The van der Waals surface area contributed by atoms with E-state index in [1.807, 2.05) is 5.32 Å². The molecule has 1 aliphatic rings. The molecule has 0 bridgehead atoms. The maximum Gasteiger partial charge on any atom is 0.415 e. The van der Waals surface area contributed by atoms with Crippen LogP contribution in [0.1, 0.15) is 12.5 Å². The molecule has 7 heteroatoms. The number of carbonyl (C=O) groups is 1. The zero-order valence-electron chi connectivity index (χ0n) is 8.65. The van der Waals surface area contributed by atoms with Gasteiger partial charge in [-0.3, -0.25) is 0 Å². The Kier molecular flexibility index (Phi) is 2.50. The van der Waals surface area contributed by atoms with Gasteiger partial charge in [0.05, 0.1) is 0 Å². The fourth-order valence-corrected chi connectivity index (χ4v) is 1.88. The van der Waals surface area contributed by atoms with Crippen LogP contribution in [0.2, 0.25) is 5.02 Å². The minimum Gasteiger partial charge on any atom is -0.320 e. The molecule has 0 aromatic heterocycles. The highest BCUT2D eigenvalue weighted by Gasteiger charge is 2.56. The standard InChI is InChI=1S/C10H8ClF3N2O/c1-9(10(12,13)14)6-4-5(11)2-3-7(6)15-8(17)16-9/h2-4H,1H3,(H2,15,16,17). The number of benzene rings is 1. The van der Waals surface area contributed by atoms with Crippen LogP contribution in [0.4, 0.5) is 23.7 Å². The van der Waals surface area contributed by atoms with E-state index in [-0.39, 0.29) is 16.3 Å². The summed E-state index contributed by atoms with van der Waals surface area (Å²) in [5.74, 6) is 0. The van der Waals surface area contributed by atoms with E-state index in [9.17, 15) is 18.0 Å². The number of urea groups is 1. The number of amides is 2. The molecular formula is C10H8ClF3N2O. The van der Waals surface area contributed by atoms with Gasteiger partial charge in [0.15, 0.2) is 5.54 Å². The Morgan fingerprint density at radius 1 is 1.35 bits per heavy atom. The van der Waals surface area contributed by atoms with Gasteiger partial charge in [-0.2, -0.15) is 13.2 Å². The molecule has 3 nitrogen and oxygen atoms in total. The van der Waals surface area contributed by atoms with Gasteiger partial charge < -0.3 is 10.6 Å². The second kappa shape index (κ2) is 3.53. The second-order valence-corrected chi connectivity index (χ2v) is 4.33. The molecule has 0 radical (unpaired) electrons.